The van der Waals surface area contributed by atoms with Gasteiger partial charge in [0.25, 0.3) is 5.89 Å². The maximum atomic E-state index is 5.54. The smallest absolute Gasteiger partial charge is 0.283 e. The van der Waals surface area contributed by atoms with Gasteiger partial charge in [-0.1, -0.05) is 38.1 Å². The van der Waals surface area contributed by atoms with Gasteiger partial charge in [0, 0.05) is 5.56 Å². The quantitative estimate of drug-likeness (QED) is 0.552. The Kier molecular flexibility index (Phi) is 3.85. The molecule has 0 amide bonds. The van der Waals surface area contributed by atoms with Crippen molar-refractivity contribution in [1.29, 1.82) is 0 Å². The summed E-state index contributed by atoms with van der Waals surface area (Å²) in [6.07, 6.45) is 1.55. The molecular weight excluding hydrogens is 320 g/mol. The van der Waals surface area contributed by atoms with Crippen molar-refractivity contribution in [3.8, 4) is 23.0 Å². The molecule has 8 nitrogen and oxygen atoms in total. The van der Waals surface area contributed by atoms with Crippen molar-refractivity contribution in [2.45, 2.75) is 26.3 Å². The molecule has 8 heteroatoms. The molecule has 0 saturated carbocycles. The minimum absolute atomic E-state index is 0.241. The SMILES string of the molecule is CC(C)c1ccc(-c2nnn(Cc3nnc(-c4ccco4)o3)n2)cc1. The molecule has 0 bridgehead atoms. The Morgan fingerprint density at radius 1 is 1.04 bits per heavy atom. The van der Waals surface area contributed by atoms with Crippen LogP contribution in [-0.4, -0.2) is 30.4 Å². The highest BCUT2D eigenvalue weighted by Gasteiger charge is 2.13. The number of hydrogen-bond acceptors (Lipinski definition) is 7. The van der Waals surface area contributed by atoms with Gasteiger partial charge in [0.2, 0.25) is 11.7 Å². The van der Waals surface area contributed by atoms with Crippen LogP contribution in [0.2, 0.25) is 0 Å². The van der Waals surface area contributed by atoms with Gasteiger partial charge in [-0.15, -0.1) is 20.4 Å². The van der Waals surface area contributed by atoms with E-state index in [4.69, 9.17) is 8.83 Å². The van der Waals surface area contributed by atoms with E-state index in [0.717, 1.165) is 5.56 Å². The molecule has 4 rings (SSSR count). The van der Waals surface area contributed by atoms with Crippen LogP contribution in [0.15, 0.2) is 51.5 Å². The molecule has 0 aliphatic carbocycles. The van der Waals surface area contributed by atoms with Gasteiger partial charge >= 0.3 is 0 Å². The van der Waals surface area contributed by atoms with Crippen LogP contribution in [0.5, 0.6) is 0 Å². The minimum Gasteiger partial charge on any atom is -0.459 e. The Morgan fingerprint density at radius 3 is 2.60 bits per heavy atom. The predicted molar refractivity (Wildman–Crippen MR) is 88.4 cm³/mol. The third kappa shape index (κ3) is 3.18. The number of furan rings is 1. The van der Waals surface area contributed by atoms with Gasteiger partial charge in [-0.3, -0.25) is 0 Å². The molecule has 1 aromatic carbocycles. The average molecular weight is 336 g/mol. The average Bonchev–Trinajstić information content (AvgIpc) is 3.37. The van der Waals surface area contributed by atoms with Gasteiger partial charge in [-0.25, -0.2) is 0 Å². The molecule has 4 aromatic rings. The Hall–Kier alpha value is -3.29. The summed E-state index contributed by atoms with van der Waals surface area (Å²) in [4.78, 5) is 1.42. The largest absolute Gasteiger partial charge is 0.459 e. The summed E-state index contributed by atoms with van der Waals surface area (Å²) in [6, 6.07) is 11.7. The summed E-state index contributed by atoms with van der Waals surface area (Å²) < 4.78 is 10.8. The molecule has 0 atom stereocenters. The van der Waals surface area contributed by atoms with Gasteiger partial charge in [0.1, 0.15) is 6.54 Å². The van der Waals surface area contributed by atoms with E-state index in [-0.39, 0.29) is 6.54 Å². The third-order valence-corrected chi connectivity index (χ3v) is 3.76. The number of hydrogen-bond donors (Lipinski definition) is 0. The first-order valence-corrected chi connectivity index (χ1v) is 7.93. The molecule has 0 unspecified atom stereocenters. The van der Waals surface area contributed by atoms with Crippen molar-refractivity contribution in [3.63, 3.8) is 0 Å². The Morgan fingerprint density at radius 2 is 1.88 bits per heavy atom. The molecule has 0 aliphatic heterocycles. The van der Waals surface area contributed by atoms with Crippen LogP contribution in [0.3, 0.4) is 0 Å². The van der Waals surface area contributed by atoms with Crippen molar-refractivity contribution >= 4 is 0 Å². The summed E-state index contributed by atoms with van der Waals surface area (Å²) in [5, 5.41) is 20.4. The highest BCUT2D eigenvalue weighted by molar-refractivity contribution is 5.54. The molecule has 126 valence electrons. The van der Waals surface area contributed by atoms with E-state index in [2.05, 4.69) is 51.6 Å². The second-order valence-electron chi connectivity index (χ2n) is 5.90. The van der Waals surface area contributed by atoms with Gasteiger partial charge in [0.15, 0.2) is 5.76 Å². The number of rotatable bonds is 5. The van der Waals surface area contributed by atoms with Gasteiger partial charge < -0.3 is 8.83 Å². The Balaban J connectivity index is 1.50. The fraction of sp³-hybridized carbons (Fsp3) is 0.235. The maximum absolute atomic E-state index is 5.54. The molecule has 3 heterocycles. The van der Waals surface area contributed by atoms with Crippen LogP contribution in [0, 0.1) is 0 Å². The first-order chi connectivity index (χ1) is 12.2. The number of tetrazole rings is 1. The summed E-state index contributed by atoms with van der Waals surface area (Å²) in [7, 11) is 0. The standard InChI is InChI=1S/C17H16N6O2/c1-11(2)12-5-7-13(8-6-12)16-19-22-23(21-16)10-15-18-20-17(25-15)14-4-3-9-24-14/h3-9,11H,10H2,1-2H3. The molecule has 25 heavy (non-hydrogen) atoms. The van der Waals surface area contributed by atoms with E-state index in [1.165, 1.54) is 10.4 Å². The lowest BCUT2D eigenvalue weighted by Gasteiger charge is -2.04. The summed E-state index contributed by atoms with van der Waals surface area (Å²) >= 11 is 0. The van der Waals surface area contributed by atoms with Crippen molar-refractivity contribution in [3.05, 3.63) is 54.1 Å². The maximum Gasteiger partial charge on any atom is 0.283 e. The van der Waals surface area contributed by atoms with Crippen LogP contribution in [0.25, 0.3) is 23.0 Å². The summed E-state index contributed by atoms with van der Waals surface area (Å²) in [5.41, 5.74) is 2.19. The third-order valence-electron chi connectivity index (χ3n) is 3.76. The van der Waals surface area contributed by atoms with E-state index >= 15 is 0 Å². The van der Waals surface area contributed by atoms with Crippen LogP contribution in [-0.2, 0) is 6.54 Å². The zero-order valence-corrected chi connectivity index (χ0v) is 13.8. The lowest BCUT2D eigenvalue weighted by molar-refractivity contribution is 0.436. The van der Waals surface area contributed by atoms with Crippen LogP contribution >= 0.6 is 0 Å². The zero-order valence-electron chi connectivity index (χ0n) is 13.8. The minimum atomic E-state index is 0.241. The molecule has 0 radical (unpaired) electrons. The molecule has 0 aliphatic rings. The molecule has 0 N–H and O–H groups in total. The van der Waals surface area contributed by atoms with Gasteiger partial charge in [0.05, 0.1) is 6.26 Å². The second-order valence-corrected chi connectivity index (χ2v) is 5.90. The summed E-state index contributed by atoms with van der Waals surface area (Å²) in [6.45, 7) is 4.56. The lowest BCUT2D eigenvalue weighted by Crippen LogP contribution is -2.04. The fourth-order valence-corrected chi connectivity index (χ4v) is 2.38. The number of benzene rings is 1. The van der Waals surface area contributed by atoms with E-state index in [1.807, 2.05) is 12.1 Å². The topological polar surface area (TPSA) is 95.7 Å². The van der Waals surface area contributed by atoms with Crippen LogP contribution in [0.4, 0.5) is 0 Å². The highest BCUT2D eigenvalue weighted by atomic mass is 16.4. The Labute approximate surface area is 143 Å². The number of aromatic nitrogens is 6. The normalized spacial score (nSPS) is 11.3. The molecule has 3 aromatic heterocycles. The van der Waals surface area contributed by atoms with E-state index < -0.39 is 0 Å². The fourth-order valence-electron chi connectivity index (χ4n) is 2.38. The van der Waals surface area contributed by atoms with E-state index in [1.54, 1.807) is 18.4 Å². The summed E-state index contributed by atoms with van der Waals surface area (Å²) in [5.74, 6) is 2.27. The van der Waals surface area contributed by atoms with Crippen molar-refractivity contribution in [2.24, 2.45) is 0 Å². The number of nitrogens with zero attached hydrogens (tertiary/aromatic N) is 6. The molecule has 0 fully saturated rings. The lowest BCUT2D eigenvalue weighted by atomic mass is 10.0. The molecule has 0 spiro atoms. The predicted octanol–water partition coefficient (Wildman–Crippen LogP) is 3.15. The second kappa shape index (κ2) is 6.31. The highest BCUT2D eigenvalue weighted by Crippen LogP contribution is 2.20. The van der Waals surface area contributed by atoms with E-state index in [9.17, 15) is 0 Å². The monoisotopic (exact) mass is 336 g/mol. The van der Waals surface area contributed by atoms with E-state index in [0.29, 0.717) is 29.3 Å². The van der Waals surface area contributed by atoms with Crippen LogP contribution < -0.4 is 0 Å². The Bertz CT molecular complexity index is 953. The van der Waals surface area contributed by atoms with Crippen molar-refractivity contribution < 1.29 is 8.83 Å². The first kappa shape index (κ1) is 15.3. The molecular formula is C17H16N6O2. The van der Waals surface area contributed by atoms with Gasteiger partial charge in [-0.05, 0) is 28.8 Å². The first-order valence-electron chi connectivity index (χ1n) is 7.93. The van der Waals surface area contributed by atoms with Crippen molar-refractivity contribution in [2.75, 3.05) is 0 Å². The van der Waals surface area contributed by atoms with Crippen LogP contribution in [0.1, 0.15) is 31.2 Å². The molecule has 0 saturated heterocycles. The van der Waals surface area contributed by atoms with Gasteiger partial charge in [-0.2, -0.15) is 4.80 Å². The van der Waals surface area contributed by atoms with Crippen molar-refractivity contribution in [1.82, 2.24) is 30.4 Å². The zero-order chi connectivity index (χ0) is 17.2.